The van der Waals surface area contributed by atoms with E-state index >= 15 is 0 Å². The average molecular weight is 367 g/mol. The molecular weight excluding hydrogens is 348 g/mol. The Bertz CT molecular complexity index is 788. The van der Waals surface area contributed by atoms with Crippen LogP contribution >= 0.6 is 23.4 Å². The second-order valence-corrected chi connectivity index (χ2v) is 7.23. The predicted molar refractivity (Wildman–Crippen MR) is 95.8 cm³/mol. The van der Waals surface area contributed by atoms with Crippen molar-refractivity contribution in [2.24, 2.45) is 0 Å². The van der Waals surface area contributed by atoms with E-state index in [1.54, 1.807) is 15.5 Å². The smallest absolute Gasteiger partial charge is 0.310 e. The highest BCUT2D eigenvalue weighted by atomic mass is 35.5. The molecule has 2 aromatic rings. The number of unbranched alkanes of at least 4 members (excludes halogenated alkanes) is 1. The van der Waals surface area contributed by atoms with Gasteiger partial charge in [-0.1, -0.05) is 48.8 Å². The number of hydrogen-bond donors (Lipinski definition) is 1. The van der Waals surface area contributed by atoms with Crippen LogP contribution in [0.25, 0.3) is 0 Å². The van der Waals surface area contributed by atoms with E-state index in [2.05, 4.69) is 17.1 Å². The maximum atomic E-state index is 12.7. The number of carbonyl (C=O) groups excluding carboxylic acids is 1. The second kappa shape index (κ2) is 7.44. The summed E-state index contributed by atoms with van der Waals surface area (Å²) in [7, 11) is 0. The van der Waals surface area contributed by atoms with E-state index in [9.17, 15) is 9.59 Å². The largest absolute Gasteiger partial charge is 0.343 e. The normalized spacial score (nSPS) is 17.7. The van der Waals surface area contributed by atoms with Crippen LogP contribution in [0.1, 0.15) is 26.2 Å². The van der Waals surface area contributed by atoms with Crippen molar-refractivity contribution >= 4 is 35.0 Å². The van der Waals surface area contributed by atoms with Crippen LogP contribution < -0.4 is 10.6 Å². The third kappa shape index (κ3) is 3.37. The van der Waals surface area contributed by atoms with Crippen LogP contribution in [0.5, 0.6) is 0 Å². The van der Waals surface area contributed by atoms with E-state index < -0.39 is 0 Å². The molecule has 3 rings (SSSR count). The van der Waals surface area contributed by atoms with Gasteiger partial charge in [0.15, 0.2) is 5.16 Å². The van der Waals surface area contributed by atoms with Crippen molar-refractivity contribution in [3.05, 3.63) is 39.8 Å². The Morgan fingerprint density at radius 3 is 2.92 bits per heavy atom. The molecule has 0 aliphatic carbocycles. The monoisotopic (exact) mass is 366 g/mol. The van der Waals surface area contributed by atoms with E-state index in [1.165, 1.54) is 11.8 Å². The first-order chi connectivity index (χ1) is 11.6. The molecule has 6 nitrogen and oxygen atoms in total. The van der Waals surface area contributed by atoms with Gasteiger partial charge in [-0.2, -0.15) is 0 Å². The molecule has 1 unspecified atom stereocenters. The minimum Gasteiger partial charge on any atom is -0.310 e. The third-order valence-corrected chi connectivity index (χ3v) is 5.57. The molecule has 1 aromatic carbocycles. The molecule has 1 saturated heterocycles. The molecule has 1 atom stereocenters. The fourth-order valence-corrected chi connectivity index (χ4v) is 4.05. The molecule has 1 aliphatic heterocycles. The van der Waals surface area contributed by atoms with Gasteiger partial charge in [0.05, 0.1) is 16.0 Å². The maximum Gasteiger partial charge on any atom is 0.343 e. The van der Waals surface area contributed by atoms with E-state index in [-0.39, 0.29) is 16.8 Å². The molecule has 1 aromatic heterocycles. The van der Waals surface area contributed by atoms with Crippen molar-refractivity contribution in [2.75, 3.05) is 11.4 Å². The zero-order chi connectivity index (χ0) is 17.1. The Morgan fingerprint density at radius 2 is 2.17 bits per heavy atom. The fourth-order valence-electron chi connectivity index (χ4n) is 2.71. The molecule has 1 fully saturated rings. The Balaban J connectivity index is 1.75. The Labute approximate surface area is 149 Å². The van der Waals surface area contributed by atoms with Crippen molar-refractivity contribution < 1.29 is 4.79 Å². The van der Waals surface area contributed by atoms with E-state index in [0.29, 0.717) is 29.7 Å². The third-order valence-electron chi connectivity index (χ3n) is 4.01. The number of carbonyl (C=O) groups is 1. The summed E-state index contributed by atoms with van der Waals surface area (Å²) >= 11 is 7.55. The minimum absolute atomic E-state index is 0.00518. The lowest BCUT2D eigenvalue weighted by Crippen LogP contribution is -2.28. The van der Waals surface area contributed by atoms with Gasteiger partial charge in [0.2, 0.25) is 5.91 Å². The first kappa shape index (κ1) is 17.1. The number of aromatic amines is 1. The predicted octanol–water partition coefficient (Wildman–Crippen LogP) is 2.92. The Hall–Kier alpha value is -1.73. The molecule has 1 aliphatic rings. The Morgan fingerprint density at radius 1 is 1.38 bits per heavy atom. The number of para-hydroxylation sites is 1. The number of hydrogen-bond acceptors (Lipinski definition) is 4. The lowest BCUT2D eigenvalue weighted by molar-refractivity contribution is -0.116. The number of nitrogens with zero attached hydrogens (tertiary/aromatic N) is 3. The summed E-state index contributed by atoms with van der Waals surface area (Å²) in [5, 5.41) is 7.44. The lowest BCUT2D eigenvalue weighted by atomic mass is 10.3. The van der Waals surface area contributed by atoms with Gasteiger partial charge in [-0.25, -0.2) is 9.89 Å². The fraction of sp³-hybridized carbons (Fsp3) is 0.438. The maximum absolute atomic E-state index is 12.7. The number of nitrogens with one attached hydrogen (secondary N) is 1. The van der Waals surface area contributed by atoms with E-state index in [4.69, 9.17) is 11.6 Å². The standard InChI is InChI=1S/C16H19ClN4O2S/c1-2-3-9-21-15(23)18-19-16(21)24-13-8-10-20(14(13)22)12-7-5-4-6-11(12)17/h4-7,13H,2-3,8-10H2,1H3,(H,18,23). The van der Waals surface area contributed by atoms with Crippen molar-refractivity contribution in [3.8, 4) is 0 Å². The number of thioether (sulfide) groups is 1. The van der Waals surface area contributed by atoms with Gasteiger partial charge >= 0.3 is 5.69 Å². The van der Waals surface area contributed by atoms with Crippen LogP contribution in [0.2, 0.25) is 5.02 Å². The Kier molecular flexibility index (Phi) is 5.30. The van der Waals surface area contributed by atoms with Gasteiger partial charge in [0.25, 0.3) is 0 Å². The molecule has 2 heterocycles. The van der Waals surface area contributed by atoms with Gasteiger partial charge in [0, 0.05) is 13.1 Å². The summed E-state index contributed by atoms with van der Waals surface area (Å²) in [5.41, 5.74) is 0.511. The quantitative estimate of drug-likeness (QED) is 0.853. The van der Waals surface area contributed by atoms with Crippen LogP contribution in [-0.4, -0.2) is 32.5 Å². The second-order valence-electron chi connectivity index (χ2n) is 5.65. The molecule has 24 heavy (non-hydrogen) atoms. The molecular formula is C16H19ClN4O2S. The first-order valence-electron chi connectivity index (χ1n) is 7.99. The van der Waals surface area contributed by atoms with Crippen LogP contribution in [0.3, 0.4) is 0 Å². The number of amides is 1. The van der Waals surface area contributed by atoms with Gasteiger partial charge < -0.3 is 4.90 Å². The van der Waals surface area contributed by atoms with Gasteiger partial charge in [-0.05, 0) is 25.0 Å². The average Bonchev–Trinajstić information content (AvgIpc) is 3.10. The summed E-state index contributed by atoms with van der Waals surface area (Å²) in [5.74, 6) is 0.00518. The molecule has 128 valence electrons. The molecule has 0 spiro atoms. The number of anilines is 1. The minimum atomic E-state index is -0.253. The topological polar surface area (TPSA) is 71.0 Å². The number of halogens is 1. The molecule has 1 amide bonds. The number of benzene rings is 1. The highest BCUT2D eigenvalue weighted by Crippen LogP contribution is 2.34. The van der Waals surface area contributed by atoms with Gasteiger partial charge in [-0.15, -0.1) is 5.10 Å². The highest BCUT2D eigenvalue weighted by molar-refractivity contribution is 8.00. The summed E-state index contributed by atoms with van der Waals surface area (Å²) in [6, 6.07) is 7.33. The van der Waals surface area contributed by atoms with Crippen molar-refractivity contribution in [3.63, 3.8) is 0 Å². The summed E-state index contributed by atoms with van der Waals surface area (Å²) in [4.78, 5) is 26.3. The number of aromatic nitrogens is 3. The lowest BCUT2D eigenvalue weighted by Gasteiger charge is -2.17. The zero-order valence-corrected chi connectivity index (χ0v) is 14.9. The van der Waals surface area contributed by atoms with Crippen molar-refractivity contribution in [2.45, 2.75) is 43.1 Å². The van der Waals surface area contributed by atoms with Crippen molar-refractivity contribution in [1.29, 1.82) is 0 Å². The van der Waals surface area contributed by atoms with E-state index in [1.807, 2.05) is 18.2 Å². The molecule has 0 saturated carbocycles. The van der Waals surface area contributed by atoms with E-state index in [0.717, 1.165) is 18.5 Å². The summed E-state index contributed by atoms with van der Waals surface area (Å²) < 4.78 is 1.61. The van der Waals surface area contributed by atoms with Gasteiger partial charge in [0.1, 0.15) is 0 Å². The van der Waals surface area contributed by atoms with Crippen LogP contribution in [0.15, 0.2) is 34.2 Å². The zero-order valence-electron chi connectivity index (χ0n) is 13.4. The van der Waals surface area contributed by atoms with Crippen LogP contribution in [-0.2, 0) is 11.3 Å². The van der Waals surface area contributed by atoms with Crippen molar-refractivity contribution in [1.82, 2.24) is 14.8 Å². The first-order valence-corrected chi connectivity index (χ1v) is 9.25. The number of H-pyrrole nitrogens is 1. The molecule has 1 N–H and O–H groups in total. The molecule has 0 bridgehead atoms. The summed E-state index contributed by atoms with van der Waals surface area (Å²) in [6.45, 7) is 3.30. The molecule has 0 radical (unpaired) electrons. The SMILES string of the molecule is CCCCn1c(SC2CCN(c3ccccc3Cl)C2=O)n[nH]c1=O. The number of rotatable bonds is 6. The van der Waals surface area contributed by atoms with Gasteiger partial charge in [-0.3, -0.25) is 9.36 Å². The molecule has 8 heteroatoms. The van der Waals surface area contributed by atoms with Crippen LogP contribution in [0.4, 0.5) is 5.69 Å². The highest BCUT2D eigenvalue weighted by Gasteiger charge is 2.35. The summed E-state index contributed by atoms with van der Waals surface area (Å²) in [6.07, 6.45) is 2.59. The van der Waals surface area contributed by atoms with Crippen LogP contribution in [0, 0.1) is 0 Å².